The van der Waals surface area contributed by atoms with Crippen molar-refractivity contribution in [1.82, 2.24) is 0 Å². The Morgan fingerprint density at radius 1 is 1.12 bits per heavy atom. The van der Waals surface area contributed by atoms with Crippen LogP contribution in [0.5, 0.6) is 0 Å². The highest BCUT2D eigenvalue weighted by Crippen LogP contribution is 2.42. The average Bonchev–Trinajstić information content (AvgIpc) is 2.57. The number of nitrogens with zero attached hydrogens (tertiary/aromatic N) is 1. The lowest BCUT2D eigenvalue weighted by atomic mass is 10.0. The molecule has 2 aromatic carbocycles. The second kappa shape index (κ2) is 7.79. The molecule has 25 heavy (non-hydrogen) atoms. The summed E-state index contributed by atoms with van der Waals surface area (Å²) in [5.74, 6) is -0.176. The molecule has 0 amide bonds. The van der Waals surface area contributed by atoms with Crippen molar-refractivity contribution in [2.24, 2.45) is 4.99 Å². The van der Waals surface area contributed by atoms with Gasteiger partial charge in [0.15, 0.2) is 0 Å². The van der Waals surface area contributed by atoms with Crippen molar-refractivity contribution >= 4 is 34.3 Å². The molecular formula is C21H22FNS2. The number of aryl methyl sites for hydroxylation is 1. The van der Waals surface area contributed by atoms with E-state index in [-0.39, 0.29) is 10.6 Å². The Balaban J connectivity index is 1.88. The first-order valence-corrected chi connectivity index (χ1v) is 10.1. The largest absolute Gasteiger partial charge is 0.242 e. The zero-order valence-corrected chi connectivity index (χ0v) is 16.4. The molecule has 3 rings (SSSR count). The zero-order chi connectivity index (χ0) is 17.9. The summed E-state index contributed by atoms with van der Waals surface area (Å²) in [4.78, 5) is 5.53. The highest BCUT2D eigenvalue weighted by molar-refractivity contribution is 8.15. The SMILES string of the molecule is Cc1ccc(/N=C2\SC(C)(C)CC\C2=C/Sc2ccccc2F)cc1. The summed E-state index contributed by atoms with van der Waals surface area (Å²) in [5.41, 5.74) is 3.39. The van der Waals surface area contributed by atoms with Crippen LogP contribution in [0.15, 0.2) is 69.4 Å². The molecule has 0 unspecified atom stereocenters. The fourth-order valence-electron chi connectivity index (χ4n) is 2.54. The summed E-state index contributed by atoms with van der Waals surface area (Å²) < 4.78 is 14.0. The molecule has 0 atom stereocenters. The molecule has 1 saturated heterocycles. The molecule has 0 aromatic heterocycles. The third-order valence-corrected chi connectivity index (χ3v) is 6.36. The number of halogens is 1. The van der Waals surface area contributed by atoms with E-state index in [1.807, 2.05) is 36.0 Å². The van der Waals surface area contributed by atoms with Crippen molar-refractivity contribution in [2.45, 2.75) is 43.3 Å². The molecule has 0 aliphatic carbocycles. The van der Waals surface area contributed by atoms with Gasteiger partial charge in [0.1, 0.15) is 10.9 Å². The summed E-state index contributed by atoms with van der Waals surface area (Å²) in [6.07, 6.45) is 2.06. The first-order valence-electron chi connectivity index (χ1n) is 8.38. The van der Waals surface area contributed by atoms with Crippen LogP contribution in [0.1, 0.15) is 32.3 Å². The molecule has 4 heteroatoms. The Bertz CT molecular complexity index is 807. The highest BCUT2D eigenvalue weighted by Gasteiger charge is 2.29. The van der Waals surface area contributed by atoms with Gasteiger partial charge in [-0.1, -0.05) is 67.2 Å². The molecule has 2 aromatic rings. The predicted molar refractivity (Wildman–Crippen MR) is 110 cm³/mol. The number of thioether (sulfide) groups is 2. The number of rotatable bonds is 3. The maximum atomic E-state index is 13.9. The first-order chi connectivity index (χ1) is 11.9. The standard InChI is InChI=1S/C21H22FNS2/c1-15-8-10-17(11-9-15)23-20-16(12-13-21(2,3)25-20)14-24-19-7-5-4-6-18(19)22/h4-11,14H,12-13H2,1-3H3/b16-14+,23-20-. The normalized spacial score (nSPS) is 20.2. The van der Waals surface area contributed by atoms with Crippen molar-refractivity contribution in [3.8, 4) is 0 Å². The topological polar surface area (TPSA) is 12.4 Å². The van der Waals surface area contributed by atoms with Crippen molar-refractivity contribution in [3.05, 3.63) is 70.9 Å². The van der Waals surface area contributed by atoms with Crippen LogP contribution >= 0.6 is 23.5 Å². The van der Waals surface area contributed by atoms with Gasteiger partial charge >= 0.3 is 0 Å². The molecule has 0 N–H and O–H groups in total. The zero-order valence-electron chi connectivity index (χ0n) is 14.8. The maximum Gasteiger partial charge on any atom is 0.137 e. The van der Waals surface area contributed by atoms with Gasteiger partial charge in [0.05, 0.1) is 5.69 Å². The van der Waals surface area contributed by atoms with E-state index in [1.54, 1.807) is 6.07 Å². The number of hydrogen-bond donors (Lipinski definition) is 0. The minimum atomic E-state index is -0.176. The summed E-state index contributed by atoms with van der Waals surface area (Å²) >= 11 is 3.25. The fraction of sp³-hybridized carbons (Fsp3) is 0.286. The van der Waals surface area contributed by atoms with Crippen molar-refractivity contribution in [2.75, 3.05) is 0 Å². The van der Waals surface area contributed by atoms with Crippen LogP contribution in [-0.4, -0.2) is 9.79 Å². The summed E-state index contributed by atoms with van der Waals surface area (Å²) in [7, 11) is 0. The summed E-state index contributed by atoms with van der Waals surface area (Å²) in [5, 5.41) is 3.11. The molecule has 130 valence electrons. The van der Waals surface area contributed by atoms with E-state index >= 15 is 0 Å². The lowest BCUT2D eigenvalue weighted by molar-refractivity contribution is 0.602. The second-order valence-corrected chi connectivity index (χ2v) is 9.41. The van der Waals surface area contributed by atoms with Crippen molar-refractivity contribution in [1.29, 1.82) is 0 Å². The van der Waals surface area contributed by atoms with E-state index in [1.165, 1.54) is 29.0 Å². The van der Waals surface area contributed by atoms with E-state index in [4.69, 9.17) is 4.99 Å². The summed E-state index contributed by atoms with van der Waals surface area (Å²) in [6, 6.07) is 15.2. The fourth-order valence-corrected chi connectivity index (χ4v) is 4.62. The molecule has 1 heterocycles. The van der Waals surface area contributed by atoms with Gasteiger partial charge in [0.25, 0.3) is 0 Å². The quantitative estimate of drug-likeness (QED) is 0.531. The van der Waals surface area contributed by atoms with Gasteiger partial charge in [-0.05, 0) is 55.0 Å². The van der Waals surface area contributed by atoms with Gasteiger partial charge in [-0.25, -0.2) is 9.38 Å². The monoisotopic (exact) mass is 371 g/mol. The Kier molecular flexibility index (Phi) is 5.70. The van der Waals surface area contributed by atoms with Gasteiger partial charge in [-0.2, -0.15) is 0 Å². The maximum absolute atomic E-state index is 13.9. The lowest BCUT2D eigenvalue weighted by Gasteiger charge is -2.31. The molecule has 0 spiro atoms. The van der Waals surface area contributed by atoms with E-state index in [0.29, 0.717) is 4.90 Å². The predicted octanol–water partition coefficient (Wildman–Crippen LogP) is 7.15. The number of benzene rings is 2. The first kappa shape index (κ1) is 18.3. The van der Waals surface area contributed by atoms with Crippen LogP contribution in [0.25, 0.3) is 0 Å². The molecule has 1 fully saturated rings. The van der Waals surface area contributed by atoms with Gasteiger partial charge in [0.2, 0.25) is 0 Å². The Morgan fingerprint density at radius 3 is 2.56 bits per heavy atom. The van der Waals surface area contributed by atoms with E-state index in [2.05, 4.69) is 38.3 Å². The number of aliphatic imine (C=N–C) groups is 1. The lowest BCUT2D eigenvalue weighted by Crippen LogP contribution is -2.24. The molecular weight excluding hydrogens is 349 g/mol. The van der Waals surface area contributed by atoms with Crippen LogP contribution in [0, 0.1) is 12.7 Å². The van der Waals surface area contributed by atoms with E-state index < -0.39 is 0 Å². The average molecular weight is 372 g/mol. The van der Waals surface area contributed by atoms with Crippen LogP contribution in [0.2, 0.25) is 0 Å². The molecule has 1 aliphatic heterocycles. The third-order valence-electron chi connectivity index (χ3n) is 4.07. The van der Waals surface area contributed by atoms with Crippen LogP contribution in [0.4, 0.5) is 10.1 Å². The smallest absolute Gasteiger partial charge is 0.137 e. The van der Waals surface area contributed by atoms with Crippen molar-refractivity contribution in [3.63, 3.8) is 0 Å². The molecule has 1 nitrogen and oxygen atoms in total. The minimum Gasteiger partial charge on any atom is -0.242 e. The summed E-state index contributed by atoms with van der Waals surface area (Å²) in [6.45, 7) is 6.58. The van der Waals surface area contributed by atoms with Crippen LogP contribution in [-0.2, 0) is 0 Å². The molecule has 0 saturated carbocycles. The Morgan fingerprint density at radius 2 is 1.84 bits per heavy atom. The van der Waals surface area contributed by atoms with E-state index in [0.717, 1.165) is 23.6 Å². The molecule has 1 aliphatic rings. The molecule has 0 radical (unpaired) electrons. The van der Waals surface area contributed by atoms with Crippen LogP contribution < -0.4 is 0 Å². The minimum absolute atomic E-state index is 0.170. The van der Waals surface area contributed by atoms with Crippen LogP contribution in [0.3, 0.4) is 0 Å². The molecule has 0 bridgehead atoms. The number of hydrogen-bond acceptors (Lipinski definition) is 3. The third kappa shape index (κ3) is 4.99. The van der Waals surface area contributed by atoms with E-state index in [9.17, 15) is 4.39 Å². The van der Waals surface area contributed by atoms with Gasteiger partial charge in [-0.15, -0.1) is 0 Å². The Labute approximate surface area is 157 Å². The van der Waals surface area contributed by atoms with Gasteiger partial charge in [-0.3, -0.25) is 0 Å². The second-order valence-electron chi connectivity index (χ2n) is 6.81. The van der Waals surface area contributed by atoms with Gasteiger partial charge < -0.3 is 0 Å². The Hall–Kier alpha value is -1.52. The highest BCUT2D eigenvalue weighted by atomic mass is 32.2. The van der Waals surface area contributed by atoms with Crippen molar-refractivity contribution < 1.29 is 4.39 Å². The van der Waals surface area contributed by atoms with Gasteiger partial charge in [0, 0.05) is 9.64 Å².